The van der Waals surface area contributed by atoms with Crippen LogP contribution in [0.25, 0.3) is 6.08 Å². The van der Waals surface area contributed by atoms with Gasteiger partial charge in [-0.1, -0.05) is 12.1 Å². The van der Waals surface area contributed by atoms with Crippen LogP contribution in [0.1, 0.15) is 5.56 Å². The Morgan fingerprint density at radius 2 is 2.05 bits per heavy atom. The molecule has 2 rings (SSSR count). The lowest BCUT2D eigenvalue weighted by Gasteiger charge is -2.31. The first-order valence-corrected chi connectivity index (χ1v) is 7.38. The molecule has 1 fully saturated rings. The van der Waals surface area contributed by atoms with E-state index in [1.165, 1.54) is 11.0 Å². The minimum absolute atomic E-state index is 0.269. The molecule has 1 saturated heterocycles. The lowest BCUT2D eigenvalue weighted by atomic mass is 10.2. The minimum Gasteiger partial charge on any atom is -0.480 e. The number of carboxylic acids is 1. The zero-order valence-electron chi connectivity index (χ0n) is 10.9. The summed E-state index contributed by atoms with van der Waals surface area (Å²) in [5.74, 6) is -0.0110. The standard InChI is InChI=1S/C14H16N2O3S/c15-11-4-1-10(2-5-11)3-6-13(17)16-7-8-20-9-12(16)14(18)19/h1-6,12H,7-9,15H2,(H,18,19)/b6-3+. The summed E-state index contributed by atoms with van der Waals surface area (Å²) in [5.41, 5.74) is 7.10. The van der Waals surface area contributed by atoms with Crippen LogP contribution in [0.5, 0.6) is 0 Å². The molecule has 0 bridgehead atoms. The number of aliphatic carboxylic acids is 1. The third-order valence-corrected chi connectivity index (χ3v) is 4.07. The quantitative estimate of drug-likeness (QED) is 0.648. The van der Waals surface area contributed by atoms with E-state index < -0.39 is 12.0 Å². The van der Waals surface area contributed by atoms with Crippen molar-refractivity contribution in [1.29, 1.82) is 0 Å². The second-order valence-electron chi connectivity index (χ2n) is 4.46. The average Bonchev–Trinajstić information content (AvgIpc) is 2.46. The second-order valence-corrected chi connectivity index (χ2v) is 5.61. The lowest BCUT2D eigenvalue weighted by Crippen LogP contribution is -2.49. The molecule has 1 aliphatic rings. The summed E-state index contributed by atoms with van der Waals surface area (Å²) in [7, 11) is 0. The maximum atomic E-state index is 12.1. The Morgan fingerprint density at radius 1 is 1.35 bits per heavy atom. The van der Waals surface area contributed by atoms with E-state index in [9.17, 15) is 9.59 Å². The van der Waals surface area contributed by atoms with E-state index in [0.717, 1.165) is 11.3 Å². The van der Waals surface area contributed by atoms with Gasteiger partial charge in [0.05, 0.1) is 0 Å². The summed E-state index contributed by atoms with van der Waals surface area (Å²) < 4.78 is 0. The van der Waals surface area contributed by atoms with Crippen molar-refractivity contribution in [3.63, 3.8) is 0 Å². The fourth-order valence-corrected chi connectivity index (χ4v) is 2.98. The Kier molecular flexibility index (Phi) is 4.68. The first-order chi connectivity index (χ1) is 9.58. The van der Waals surface area contributed by atoms with Gasteiger partial charge in [0, 0.05) is 29.8 Å². The summed E-state index contributed by atoms with van der Waals surface area (Å²) in [6, 6.07) is 6.38. The third kappa shape index (κ3) is 3.54. The van der Waals surface area contributed by atoms with E-state index >= 15 is 0 Å². The van der Waals surface area contributed by atoms with Crippen molar-refractivity contribution in [3.05, 3.63) is 35.9 Å². The van der Waals surface area contributed by atoms with Crippen LogP contribution in [0.15, 0.2) is 30.3 Å². The highest BCUT2D eigenvalue weighted by atomic mass is 32.2. The van der Waals surface area contributed by atoms with Gasteiger partial charge in [-0.15, -0.1) is 0 Å². The number of nitrogens with two attached hydrogens (primary N) is 1. The van der Waals surface area contributed by atoms with Crippen molar-refractivity contribution in [3.8, 4) is 0 Å². The molecule has 0 aromatic heterocycles. The van der Waals surface area contributed by atoms with Gasteiger partial charge in [0.15, 0.2) is 0 Å². The molecule has 0 saturated carbocycles. The zero-order chi connectivity index (χ0) is 14.5. The van der Waals surface area contributed by atoms with Crippen LogP contribution >= 0.6 is 11.8 Å². The van der Waals surface area contributed by atoms with Crippen LogP contribution in [-0.4, -0.2) is 46.0 Å². The van der Waals surface area contributed by atoms with E-state index in [1.807, 2.05) is 0 Å². The molecule has 5 nitrogen and oxygen atoms in total. The fourth-order valence-electron chi connectivity index (χ4n) is 1.94. The molecule has 1 aromatic carbocycles. The third-order valence-electron chi connectivity index (χ3n) is 3.05. The lowest BCUT2D eigenvalue weighted by molar-refractivity contribution is -0.147. The van der Waals surface area contributed by atoms with Gasteiger partial charge in [0.2, 0.25) is 5.91 Å². The molecule has 20 heavy (non-hydrogen) atoms. The average molecular weight is 292 g/mol. The highest BCUT2D eigenvalue weighted by molar-refractivity contribution is 7.99. The Bertz CT molecular complexity index is 528. The monoisotopic (exact) mass is 292 g/mol. The van der Waals surface area contributed by atoms with E-state index in [2.05, 4.69) is 0 Å². The number of hydrogen-bond donors (Lipinski definition) is 2. The molecule has 1 aliphatic heterocycles. The number of amides is 1. The van der Waals surface area contributed by atoms with E-state index in [0.29, 0.717) is 18.0 Å². The summed E-state index contributed by atoms with van der Waals surface area (Å²) in [4.78, 5) is 24.6. The number of nitrogens with zero attached hydrogens (tertiary/aromatic N) is 1. The van der Waals surface area contributed by atoms with Crippen LogP contribution in [0, 0.1) is 0 Å². The van der Waals surface area contributed by atoms with Crippen LogP contribution in [0.4, 0.5) is 5.69 Å². The molecule has 1 aromatic rings. The van der Waals surface area contributed by atoms with Gasteiger partial charge < -0.3 is 15.7 Å². The van der Waals surface area contributed by atoms with Crippen molar-refractivity contribution >= 4 is 35.4 Å². The van der Waals surface area contributed by atoms with E-state index in [1.54, 1.807) is 42.1 Å². The molecule has 1 heterocycles. The van der Waals surface area contributed by atoms with Gasteiger partial charge in [0.25, 0.3) is 0 Å². The van der Waals surface area contributed by atoms with Crippen molar-refractivity contribution in [2.24, 2.45) is 0 Å². The predicted molar refractivity (Wildman–Crippen MR) is 80.4 cm³/mol. The smallest absolute Gasteiger partial charge is 0.327 e. The number of thioether (sulfide) groups is 1. The molecule has 1 unspecified atom stereocenters. The Balaban J connectivity index is 2.06. The van der Waals surface area contributed by atoms with Crippen molar-refractivity contribution in [2.75, 3.05) is 23.8 Å². The van der Waals surface area contributed by atoms with Gasteiger partial charge in [-0.25, -0.2) is 4.79 Å². The molecule has 0 radical (unpaired) electrons. The summed E-state index contributed by atoms with van der Waals surface area (Å²) >= 11 is 1.56. The predicted octanol–water partition coefficient (Wildman–Crippen LogP) is 1.31. The summed E-state index contributed by atoms with van der Waals surface area (Å²) in [5, 5.41) is 9.13. The Hall–Kier alpha value is -1.95. The molecule has 106 valence electrons. The molecule has 1 amide bonds. The van der Waals surface area contributed by atoms with Crippen molar-refractivity contribution in [2.45, 2.75) is 6.04 Å². The van der Waals surface area contributed by atoms with Crippen LogP contribution < -0.4 is 5.73 Å². The van der Waals surface area contributed by atoms with Gasteiger partial charge in [-0.2, -0.15) is 11.8 Å². The number of carbonyl (C=O) groups is 2. The molecular weight excluding hydrogens is 276 g/mol. The summed E-state index contributed by atoms with van der Waals surface area (Å²) in [6.45, 7) is 0.465. The maximum Gasteiger partial charge on any atom is 0.327 e. The summed E-state index contributed by atoms with van der Waals surface area (Å²) in [6.07, 6.45) is 3.08. The number of carbonyl (C=O) groups excluding carboxylic acids is 1. The number of benzene rings is 1. The Morgan fingerprint density at radius 3 is 2.70 bits per heavy atom. The number of nitrogen functional groups attached to an aromatic ring is 1. The van der Waals surface area contributed by atoms with E-state index in [-0.39, 0.29) is 5.91 Å². The van der Waals surface area contributed by atoms with Gasteiger partial charge in [-0.05, 0) is 23.8 Å². The number of anilines is 1. The molecule has 0 aliphatic carbocycles. The van der Waals surface area contributed by atoms with Gasteiger partial charge >= 0.3 is 5.97 Å². The van der Waals surface area contributed by atoms with E-state index in [4.69, 9.17) is 10.8 Å². The molecule has 3 N–H and O–H groups in total. The second kappa shape index (κ2) is 6.47. The normalized spacial score (nSPS) is 19.2. The number of hydrogen-bond acceptors (Lipinski definition) is 4. The van der Waals surface area contributed by atoms with Crippen molar-refractivity contribution < 1.29 is 14.7 Å². The van der Waals surface area contributed by atoms with Gasteiger partial charge in [0.1, 0.15) is 6.04 Å². The van der Waals surface area contributed by atoms with Gasteiger partial charge in [-0.3, -0.25) is 4.79 Å². The number of carboxylic acid groups (broad SMARTS) is 1. The van der Waals surface area contributed by atoms with Crippen LogP contribution in [0.2, 0.25) is 0 Å². The van der Waals surface area contributed by atoms with Crippen LogP contribution in [0.3, 0.4) is 0 Å². The topological polar surface area (TPSA) is 83.6 Å². The van der Waals surface area contributed by atoms with Crippen LogP contribution in [-0.2, 0) is 9.59 Å². The molecule has 0 spiro atoms. The highest BCUT2D eigenvalue weighted by Crippen LogP contribution is 2.17. The minimum atomic E-state index is -0.952. The zero-order valence-corrected chi connectivity index (χ0v) is 11.7. The largest absolute Gasteiger partial charge is 0.480 e. The Labute approximate surface area is 121 Å². The molecular formula is C14H16N2O3S. The SMILES string of the molecule is Nc1ccc(/C=C/C(=O)N2CCSCC2C(=O)O)cc1. The van der Waals surface area contributed by atoms with Crippen molar-refractivity contribution in [1.82, 2.24) is 4.90 Å². The first-order valence-electron chi connectivity index (χ1n) is 6.22. The highest BCUT2D eigenvalue weighted by Gasteiger charge is 2.31. The number of rotatable bonds is 3. The maximum absolute atomic E-state index is 12.1. The molecule has 1 atom stereocenters. The first kappa shape index (κ1) is 14.5. The fraction of sp³-hybridized carbons (Fsp3) is 0.286. The molecule has 6 heteroatoms.